The molecule has 5 N–H and O–H groups in total. The number of H-pyrrole nitrogens is 1. The van der Waals surface area contributed by atoms with Gasteiger partial charge in [0.2, 0.25) is 17.6 Å². The minimum Gasteiger partial charge on any atom is -0.356 e. The minimum absolute atomic E-state index is 0.0385. The van der Waals surface area contributed by atoms with Crippen molar-refractivity contribution in [2.75, 3.05) is 6.54 Å². The van der Waals surface area contributed by atoms with Crippen molar-refractivity contribution in [3.8, 4) is 0 Å². The largest absolute Gasteiger partial charge is 0.356 e. The maximum Gasteiger partial charge on any atom is 0.289 e. The molecule has 3 atom stereocenters. The maximum atomic E-state index is 13.7. The lowest BCUT2D eigenvalue weighted by Gasteiger charge is -2.24. The van der Waals surface area contributed by atoms with Crippen LogP contribution in [0.4, 0.5) is 0 Å². The van der Waals surface area contributed by atoms with Crippen LogP contribution in [-0.2, 0) is 32.1 Å². The highest BCUT2D eigenvalue weighted by Gasteiger charge is 2.35. The van der Waals surface area contributed by atoms with Crippen LogP contribution in [-0.4, -0.2) is 53.0 Å². The molecule has 1 fully saturated rings. The monoisotopic (exact) mass is 579 g/mol. The third-order valence-corrected chi connectivity index (χ3v) is 7.51. The minimum atomic E-state index is -1.26. The van der Waals surface area contributed by atoms with Gasteiger partial charge in [0.25, 0.3) is 11.8 Å². The second kappa shape index (κ2) is 13.6. The van der Waals surface area contributed by atoms with Gasteiger partial charge in [-0.1, -0.05) is 78.9 Å². The standard InChI is InChI=1S/C33H33N5O5/c39-29(33(43)35-20-22-11-5-2-6-12-22)26(19-24-15-16-34-30(24)40)37-31(41)27(17-21-9-3-1-4-10-21)38-32(42)28-18-23-13-7-8-14-25(23)36-28/h1-14,18,24,26-27,36H,15-17,19-20H2,(H,34,40)(H,35,43)(H,37,41)(H,38,42)/t24-,26-,27-/m0/s1. The first-order valence-corrected chi connectivity index (χ1v) is 14.2. The first kappa shape index (κ1) is 29.2. The Morgan fingerprint density at radius 1 is 0.814 bits per heavy atom. The smallest absolute Gasteiger partial charge is 0.289 e. The number of fused-ring (bicyclic) bond motifs is 1. The van der Waals surface area contributed by atoms with Crippen molar-refractivity contribution in [2.24, 2.45) is 5.92 Å². The number of aromatic nitrogens is 1. The fourth-order valence-corrected chi connectivity index (χ4v) is 5.17. The molecule has 0 spiro atoms. The van der Waals surface area contributed by atoms with E-state index in [4.69, 9.17) is 0 Å². The number of hydrogen-bond acceptors (Lipinski definition) is 5. The molecule has 0 unspecified atom stereocenters. The summed E-state index contributed by atoms with van der Waals surface area (Å²) in [4.78, 5) is 68.7. The lowest BCUT2D eigenvalue weighted by molar-refractivity contribution is -0.141. The molecular weight excluding hydrogens is 546 g/mol. The van der Waals surface area contributed by atoms with Gasteiger partial charge in [0, 0.05) is 36.3 Å². The van der Waals surface area contributed by atoms with Crippen LogP contribution in [0.1, 0.15) is 34.5 Å². The zero-order valence-electron chi connectivity index (χ0n) is 23.5. The molecule has 1 aromatic heterocycles. The van der Waals surface area contributed by atoms with Gasteiger partial charge < -0.3 is 26.3 Å². The second-order valence-corrected chi connectivity index (χ2v) is 10.6. The molecule has 5 rings (SSSR count). The van der Waals surface area contributed by atoms with Crippen molar-refractivity contribution in [3.05, 3.63) is 108 Å². The Kier molecular flexibility index (Phi) is 9.26. The zero-order chi connectivity index (χ0) is 30.2. The zero-order valence-corrected chi connectivity index (χ0v) is 23.5. The number of nitrogens with one attached hydrogen (secondary N) is 5. The van der Waals surface area contributed by atoms with E-state index in [2.05, 4.69) is 26.3 Å². The summed E-state index contributed by atoms with van der Waals surface area (Å²) in [5.41, 5.74) is 2.65. The van der Waals surface area contributed by atoms with Crippen molar-refractivity contribution in [2.45, 2.75) is 37.9 Å². The van der Waals surface area contributed by atoms with Gasteiger partial charge in [0.1, 0.15) is 11.7 Å². The third kappa shape index (κ3) is 7.53. The van der Waals surface area contributed by atoms with Gasteiger partial charge in [-0.05, 0) is 36.1 Å². The van der Waals surface area contributed by atoms with Crippen LogP contribution in [0.25, 0.3) is 10.9 Å². The first-order valence-electron chi connectivity index (χ1n) is 14.2. The molecule has 0 radical (unpaired) electrons. The number of rotatable bonds is 12. The molecule has 1 saturated heterocycles. The highest BCUT2D eigenvalue weighted by atomic mass is 16.2. The number of carbonyl (C=O) groups excluding carboxylic acids is 5. The highest BCUT2D eigenvalue weighted by molar-refractivity contribution is 6.38. The predicted octanol–water partition coefficient (Wildman–Crippen LogP) is 2.41. The Morgan fingerprint density at radius 2 is 1.49 bits per heavy atom. The topological polar surface area (TPSA) is 149 Å². The van der Waals surface area contributed by atoms with E-state index < -0.39 is 41.5 Å². The Balaban J connectivity index is 1.34. The van der Waals surface area contributed by atoms with Crippen LogP contribution < -0.4 is 21.3 Å². The lowest BCUT2D eigenvalue weighted by Crippen LogP contribution is -2.55. The summed E-state index contributed by atoms with van der Waals surface area (Å²) in [5.74, 6) is -3.63. The Labute approximate surface area is 248 Å². The van der Waals surface area contributed by atoms with Crippen molar-refractivity contribution in [1.82, 2.24) is 26.3 Å². The van der Waals surface area contributed by atoms with Gasteiger partial charge in [0.15, 0.2) is 0 Å². The van der Waals surface area contributed by atoms with Gasteiger partial charge in [-0.25, -0.2) is 0 Å². The van der Waals surface area contributed by atoms with E-state index in [9.17, 15) is 24.0 Å². The molecule has 0 aliphatic carbocycles. The van der Waals surface area contributed by atoms with Crippen LogP contribution >= 0.6 is 0 Å². The van der Waals surface area contributed by atoms with E-state index >= 15 is 0 Å². The Hall–Kier alpha value is -5.25. The van der Waals surface area contributed by atoms with Gasteiger partial charge in [0.05, 0.1) is 6.04 Å². The molecule has 1 aliphatic heterocycles. The SMILES string of the molecule is O=C(NCc1ccccc1)C(=O)[C@H](C[C@@H]1CCNC1=O)NC(=O)[C@H](Cc1ccccc1)NC(=O)c1cc2ccccc2[nH]1. The second-order valence-electron chi connectivity index (χ2n) is 10.6. The van der Waals surface area contributed by atoms with E-state index in [1.165, 1.54) is 0 Å². The van der Waals surface area contributed by atoms with Crippen molar-refractivity contribution >= 4 is 40.3 Å². The van der Waals surface area contributed by atoms with E-state index in [0.717, 1.165) is 22.0 Å². The number of ketones is 1. The summed E-state index contributed by atoms with van der Waals surface area (Å²) in [5, 5.41) is 11.7. The average Bonchev–Trinajstić information content (AvgIpc) is 3.65. The molecule has 4 amide bonds. The molecule has 3 aromatic carbocycles. The van der Waals surface area contributed by atoms with Crippen LogP contribution in [0.3, 0.4) is 0 Å². The quantitative estimate of drug-likeness (QED) is 0.164. The number of carbonyl (C=O) groups is 5. The number of Topliss-reactive ketones (excluding diaryl/α,β-unsaturated/α-hetero) is 1. The summed E-state index contributed by atoms with van der Waals surface area (Å²) in [7, 11) is 0. The van der Waals surface area contributed by atoms with Crippen molar-refractivity contribution < 1.29 is 24.0 Å². The number of benzene rings is 3. The average molecular weight is 580 g/mol. The maximum absolute atomic E-state index is 13.7. The van der Waals surface area contributed by atoms with E-state index in [0.29, 0.717) is 13.0 Å². The summed E-state index contributed by atoms with van der Waals surface area (Å²) < 4.78 is 0. The number of aromatic amines is 1. The van der Waals surface area contributed by atoms with Crippen molar-refractivity contribution in [3.63, 3.8) is 0 Å². The normalized spacial score (nSPS) is 15.7. The van der Waals surface area contributed by atoms with Crippen molar-refractivity contribution in [1.29, 1.82) is 0 Å². The fourth-order valence-electron chi connectivity index (χ4n) is 5.17. The van der Waals surface area contributed by atoms with E-state index in [1.54, 1.807) is 6.07 Å². The van der Waals surface area contributed by atoms with Gasteiger partial charge in [-0.2, -0.15) is 0 Å². The van der Waals surface area contributed by atoms with E-state index in [-0.39, 0.29) is 31.0 Å². The summed E-state index contributed by atoms with van der Waals surface area (Å²) in [6, 6.07) is 25.1. The van der Waals surface area contributed by atoms with Gasteiger partial charge in [-0.15, -0.1) is 0 Å². The molecule has 0 saturated carbocycles. The van der Waals surface area contributed by atoms with E-state index in [1.807, 2.05) is 84.9 Å². The summed E-state index contributed by atoms with van der Waals surface area (Å²) >= 11 is 0. The summed E-state index contributed by atoms with van der Waals surface area (Å²) in [6.07, 6.45) is 0.585. The van der Waals surface area contributed by atoms with Crippen LogP contribution in [0.15, 0.2) is 91.0 Å². The first-order chi connectivity index (χ1) is 20.9. The highest BCUT2D eigenvalue weighted by Crippen LogP contribution is 2.18. The van der Waals surface area contributed by atoms with Crippen LogP contribution in [0, 0.1) is 5.92 Å². The van der Waals surface area contributed by atoms with Gasteiger partial charge >= 0.3 is 0 Å². The number of para-hydroxylation sites is 1. The van der Waals surface area contributed by atoms with Gasteiger partial charge in [-0.3, -0.25) is 24.0 Å². The molecule has 2 heterocycles. The molecule has 10 nitrogen and oxygen atoms in total. The Bertz CT molecular complexity index is 1590. The molecule has 10 heteroatoms. The molecular formula is C33H33N5O5. The fraction of sp³-hybridized carbons (Fsp3) is 0.242. The lowest BCUT2D eigenvalue weighted by atomic mass is 9.94. The molecule has 4 aromatic rings. The van der Waals surface area contributed by atoms with Crippen LogP contribution in [0.2, 0.25) is 0 Å². The number of hydrogen-bond donors (Lipinski definition) is 5. The van der Waals surface area contributed by atoms with Crippen LogP contribution in [0.5, 0.6) is 0 Å². The predicted molar refractivity (Wildman–Crippen MR) is 161 cm³/mol. The molecule has 0 bridgehead atoms. The molecule has 1 aliphatic rings. The number of amides is 4. The summed E-state index contributed by atoms with van der Waals surface area (Å²) in [6.45, 7) is 0.586. The molecule has 220 valence electrons. The Morgan fingerprint density at radius 3 is 2.16 bits per heavy atom. The third-order valence-electron chi connectivity index (χ3n) is 7.51. The molecule has 43 heavy (non-hydrogen) atoms.